The van der Waals surface area contributed by atoms with Gasteiger partial charge in [-0.3, -0.25) is 0 Å². The van der Waals surface area contributed by atoms with Gasteiger partial charge in [-0.1, -0.05) is 6.07 Å². The van der Waals surface area contributed by atoms with Crippen molar-refractivity contribution >= 4 is 17.7 Å². The molecule has 3 rings (SSSR count). The molecule has 0 spiro atoms. The lowest BCUT2D eigenvalue weighted by Crippen LogP contribution is -2.36. The van der Waals surface area contributed by atoms with E-state index >= 15 is 0 Å². The number of hydrogen-bond donors (Lipinski definition) is 3. The number of anilines is 2. The molecule has 37 heavy (non-hydrogen) atoms. The third-order valence-electron chi connectivity index (χ3n) is 6.09. The number of fused-ring (bicyclic) bond motifs is 1. The van der Waals surface area contributed by atoms with Crippen LogP contribution >= 0.6 is 0 Å². The van der Waals surface area contributed by atoms with Crippen LogP contribution in [0.3, 0.4) is 0 Å². The van der Waals surface area contributed by atoms with Crippen molar-refractivity contribution in [3.05, 3.63) is 41.3 Å². The third-order valence-corrected chi connectivity index (χ3v) is 6.09. The Bertz CT molecular complexity index is 1010. The number of alkyl halides is 5. The summed E-state index contributed by atoms with van der Waals surface area (Å²) < 4.78 is 63.7. The standard InChI is InChI=1S/C24H31F5N6O2/c25-20(26)9-13-35(11-2-1-5-18-7-6-16-4-3-10-30-21(16)33-18)12-8-19(22(36)37)34-23-31-14-17(15-32-23)24(27,28)29/h6-7,14-15,19-20H,1-5,8-13H2,(H,30,33)(H,36,37)(H,31,32,34). The Morgan fingerprint density at radius 2 is 1.84 bits per heavy atom. The van der Waals surface area contributed by atoms with Gasteiger partial charge in [-0.2, -0.15) is 13.2 Å². The molecular formula is C24H31F5N6O2. The van der Waals surface area contributed by atoms with Crippen LogP contribution in [0.15, 0.2) is 24.5 Å². The molecule has 0 amide bonds. The van der Waals surface area contributed by atoms with E-state index in [4.69, 9.17) is 0 Å². The van der Waals surface area contributed by atoms with Crippen LogP contribution in [0, 0.1) is 0 Å². The van der Waals surface area contributed by atoms with E-state index in [1.165, 1.54) is 5.56 Å². The van der Waals surface area contributed by atoms with Crippen molar-refractivity contribution in [1.29, 1.82) is 0 Å². The summed E-state index contributed by atoms with van der Waals surface area (Å²) in [5.41, 5.74) is 1.11. The minimum absolute atomic E-state index is 0.0288. The number of pyridine rings is 1. The first kappa shape index (κ1) is 28.5. The average molecular weight is 531 g/mol. The molecule has 2 aromatic rings. The molecular weight excluding hydrogens is 499 g/mol. The molecule has 204 valence electrons. The molecule has 3 heterocycles. The highest BCUT2D eigenvalue weighted by molar-refractivity contribution is 5.76. The van der Waals surface area contributed by atoms with Crippen LogP contribution in [0.5, 0.6) is 0 Å². The van der Waals surface area contributed by atoms with E-state index in [1.54, 1.807) is 4.90 Å². The van der Waals surface area contributed by atoms with Crippen molar-refractivity contribution in [1.82, 2.24) is 19.9 Å². The SMILES string of the molecule is O=C(O)C(CCN(CCCCc1ccc2c(n1)NCCC2)CCC(F)F)Nc1ncc(C(F)(F)F)cn1. The predicted molar refractivity (Wildman–Crippen MR) is 128 cm³/mol. The van der Waals surface area contributed by atoms with Crippen LogP contribution in [-0.2, 0) is 23.8 Å². The number of hydrogen-bond acceptors (Lipinski definition) is 7. The van der Waals surface area contributed by atoms with Gasteiger partial charge < -0.3 is 20.6 Å². The van der Waals surface area contributed by atoms with Crippen LogP contribution in [0.2, 0.25) is 0 Å². The van der Waals surface area contributed by atoms with Gasteiger partial charge in [0.25, 0.3) is 0 Å². The number of carboxylic acid groups (broad SMARTS) is 1. The molecule has 0 bridgehead atoms. The van der Waals surface area contributed by atoms with Gasteiger partial charge in [0.15, 0.2) is 0 Å². The van der Waals surface area contributed by atoms with Gasteiger partial charge in [0, 0.05) is 44.1 Å². The van der Waals surface area contributed by atoms with Crippen LogP contribution in [0.1, 0.15) is 48.9 Å². The lowest BCUT2D eigenvalue weighted by atomic mass is 10.1. The van der Waals surface area contributed by atoms with Crippen molar-refractivity contribution in [2.24, 2.45) is 0 Å². The summed E-state index contributed by atoms with van der Waals surface area (Å²) in [7, 11) is 0. The predicted octanol–water partition coefficient (Wildman–Crippen LogP) is 4.48. The zero-order chi connectivity index (χ0) is 26.8. The van der Waals surface area contributed by atoms with E-state index in [0.717, 1.165) is 43.7 Å². The van der Waals surface area contributed by atoms with E-state index in [-0.39, 0.29) is 31.9 Å². The van der Waals surface area contributed by atoms with Crippen molar-refractivity contribution in [2.45, 2.75) is 63.6 Å². The highest BCUT2D eigenvalue weighted by atomic mass is 19.4. The summed E-state index contributed by atoms with van der Waals surface area (Å²) in [5, 5.41) is 15.3. The van der Waals surface area contributed by atoms with Gasteiger partial charge in [0.05, 0.1) is 5.56 Å². The molecule has 0 radical (unpaired) electrons. The molecule has 1 atom stereocenters. The monoisotopic (exact) mass is 530 g/mol. The summed E-state index contributed by atoms with van der Waals surface area (Å²) in [4.78, 5) is 25.2. The molecule has 3 N–H and O–H groups in total. The molecule has 13 heteroatoms. The van der Waals surface area contributed by atoms with Crippen LogP contribution in [-0.4, -0.2) is 69.6 Å². The second-order valence-electron chi connectivity index (χ2n) is 8.94. The first-order valence-corrected chi connectivity index (χ1v) is 12.2. The molecule has 0 saturated carbocycles. The first-order chi connectivity index (χ1) is 17.6. The van der Waals surface area contributed by atoms with Crippen LogP contribution < -0.4 is 10.6 Å². The normalized spacial score (nSPS) is 14.4. The molecule has 0 fully saturated rings. The van der Waals surface area contributed by atoms with Crippen molar-refractivity contribution in [3.63, 3.8) is 0 Å². The van der Waals surface area contributed by atoms with Crippen LogP contribution in [0.25, 0.3) is 0 Å². The van der Waals surface area contributed by atoms with Gasteiger partial charge in [-0.15, -0.1) is 0 Å². The summed E-state index contributed by atoms with van der Waals surface area (Å²) in [6, 6.07) is 2.89. The molecule has 1 aliphatic rings. The Morgan fingerprint density at radius 3 is 2.51 bits per heavy atom. The second-order valence-corrected chi connectivity index (χ2v) is 8.94. The highest BCUT2D eigenvalue weighted by Gasteiger charge is 2.31. The summed E-state index contributed by atoms with van der Waals surface area (Å²) in [6.07, 6.45) is -1.95. The van der Waals surface area contributed by atoms with Gasteiger partial charge in [0.1, 0.15) is 11.9 Å². The number of rotatable bonds is 14. The third kappa shape index (κ3) is 9.38. The van der Waals surface area contributed by atoms with Gasteiger partial charge in [-0.25, -0.2) is 28.5 Å². The number of carboxylic acids is 1. The number of nitrogens with zero attached hydrogens (tertiary/aromatic N) is 4. The van der Waals surface area contributed by atoms with Crippen LogP contribution in [0.4, 0.5) is 33.7 Å². The number of nitrogens with one attached hydrogen (secondary N) is 2. The van der Waals surface area contributed by atoms with E-state index < -0.39 is 30.2 Å². The molecule has 0 aliphatic carbocycles. The zero-order valence-electron chi connectivity index (χ0n) is 20.3. The summed E-state index contributed by atoms with van der Waals surface area (Å²) in [6.45, 7) is 1.71. The lowest BCUT2D eigenvalue weighted by Gasteiger charge is -2.24. The van der Waals surface area contributed by atoms with E-state index in [0.29, 0.717) is 25.4 Å². The maximum Gasteiger partial charge on any atom is 0.419 e. The highest BCUT2D eigenvalue weighted by Crippen LogP contribution is 2.28. The maximum absolute atomic E-state index is 12.8. The molecule has 1 unspecified atom stereocenters. The Balaban J connectivity index is 1.50. The number of aliphatic carboxylic acids is 1. The Morgan fingerprint density at radius 1 is 1.11 bits per heavy atom. The minimum Gasteiger partial charge on any atom is -0.480 e. The number of aromatic nitrogens is 3. The fourth-order valence-corrected chi connectivity index (χ4v) is 4.04. The van der Waals surface area contributed by atoms with E-state index in [2.05, 4.69) is 31.7 Å². The van der Waals surface area contributed by atoms with Gasteiger partial charge in [-0.05, 0) is 56.7 Å². The molecule has 2 aromatic heterocycles. The fourth-order valence-electron chi connectivity index (χ4n) is 4.04. The number of halogens is 5. The molecule has 1 aliphatic heterocycles. The van der Waals surface area contributed by atoms with Crippen molar-refractivity contribution < 1.29 is 31.9 Å². The fraction of sp³-hybridized carbons (Fsp3) is 0.583. The Labute approximate surface area is 211 Å². The Hall–Kier alpha value is -3.09. The summed E-state index contributed by atoms with van der Waals surface area (Å²) >= 11 is 0. The lowest BCUT2D eigenvalue weighted by molar-refractivity contribution is -0.139. The minimum atomic E-state index is -4.61. The van der Waals surface area contributed by atoms with E-state index in [9.17, 15) is 31.9 Å². The van der Waals surface area contributed by atoms with Crippen molar-refractivity contribution in [3.8, 4) is 0 Å². The smallest absolute Gasteiger partial charge is 0.419 e. The molecule has 0 aromatic carbocycles. The van der Waals surface area contributed by atoms with E-state index in [1.807, 2.05) is 6.07 Å². The zero-order valence-corrected chi connectivity index (χ0v) is 20.3. The second kappa shape index (κ2) is 13.5. The number of aryl methyl sites for hydroxylation is 2. The molecule has 0 saturated heterocycles. The van der Waals surface area contributed by atoms with Crippen molar-refractivity contribution in [2.75, 3.05) is 36.8 Å². The number of unbranched alkanes of at least 4 members (excludes halogenated alkanes) is 1. The topological polar surface area (TPSA) is 103 Å². The quantitative estimate of drug-likeness (QED) is 0.243. The maximum atomic E-state index is 12.8. The molecule has 8 nitrogen and oxygen atoms in total. The largest absolute Gasteiger partial charge is 0.480 e. The first-order valence-electron chi connectivity index (χ1n) is 12.2. The number of carbonyl (C=O) groups is 1. The Kier molecular flexibility index (Phi) is 10.4. The summed E-state index contributed by atoms with van der Waals surface area (Å²) in [5.74, 6) is -0.581. The average Bonchev–Trinajstić information content (AvgIpc) is 2.86. The van der Waals surface area contributed by atoms with Gasteiger partial charge >= 0.3 is 12.1 Å². The van der Waals surface area contributed by atoms with Gasteiger partial charge in [0.2, 0.25) is 12.4 Å².